The number of aromatic amines is 1. The van der Waals surface area contributed by atoms with Gasteiger partial charge < -0.3 is 4.98 Å². The van der Waals surface area contributed by atoms with Gasteiger partial charge in [0, 0.05) is 11.1 Å². The minimum absolute atomic E-state index is 0.0337. The number of aryl methyl sites for hydroxylation is 1. The zero-order valence-electron chi connectivity index (χ0n) is 8.52. The van der Waals surface area contributed by atoms with Gasteiger partial charge in [-0.2, -0.15) is 0 Å². The Kier molecular flexibility index (Phi) is 2.32. The maximum atomic E-state index is 11.3. The first kappa shape index (κ1) is 10.8. The average Bonchev–Trinajstić information content (AvgIpc) is 2.17. The number of benzene rings is 1. The number of H-pyrrole nitrogens is 1. The summed E-state index contributed by atoms with van der Waals surface area (Å²) < 4.78 is 22.3. The second-order valence-corrected chi connectivity index (χ2v) is 5.14. The number of rotatable bonds is 1. The summed E-state index contributed by atoms with van der Waals surface area (Å²) in [4.78, 5) is 14.0. The molecule has 1 aromatic carbocycles. The molecule has 0 fully saturated rings. The Balaban J connectivity index is 2.82. The van der Waals surface area contributed by atoms with Crippen molar-refractivity contribution in [2.45, 2.75) is 11.8 Å². The summed E-state index contributed by atoms with van der Waals surface area (Å²) in [6.45, 7) is 1.65. The van der Waals surface area contributed by atoms with Crippen LogP contribution in [0.5, 0.6) is 0 Å². The molecule has 2 aromatic rings. The van der Waals surface area contributed by atoms with E-state index in [2.05, 4.69) is 4.98 Å². The van der Waals surface area contributed by atoms with Gasteiger partial charge in [-0.1, -0.05) is 0 Å². The normalized spacial score (nSPS) is 11.9. The third-order valence-electron chi connectivity index (χ3n) is 2.33. The number of sulfonamides is 1. The number of primary sulfonamides is 1. The second kappa shape index (κ2) is 3.43. The van der Waals surface area contributed by atoms with Crippen molar-refractivity contribution in [1.29, 1.82) is 0 Å². The van der Waals surface area contributed by atoms with Crippen LogP contribution in [-0.4, -0.2) is 13.4 Å². The lowest BCUT2D eigenvalue weighted by molar-refractivity contribution is 0.598. The molecule has 0 spiro atoms. The van der Waals surface area contributed by atoms with Gasteiger partial charge in [-0.05, 0) is 36.6 Å². The Morgan fingerprint density at radius 3 is 2.56 bits per heavy atom. The molecule has 0 aliphatic carbocycles. The quantitative estimate of drug-likeness (QED) is 0.756. The fraction of sp³-hybridized carbons (Fsp3) is 0.100. The molecule has 0 aliphatic rings. The highest BCUT2D eigenvalue weighted by Crippen LogP contribution is 2.16. The van der Waals surface area contributed by atoms with Crippen molar-refractivity contribution in [3.05, 3.63) is 40.2 Å². The summed E-state index contributed by atoms with van der Waals surface area (Å²) in [5.41, 5.74) is 0.929. The van der Waals surface area contributed by atoms with E-state index in [4.69, 9.17) is 5.14 Å². The fourth-order valence-corrected chi connectivity index (χ4v) is 2.02. The van der Waals surface area contributed by atoms with Crippen LogP contribution < -0.4 is 10.7 Å². The smallest absolute Gasteiger partial charge is 0.251 e. The lowest BCUT2D eigenvalue weighted by Gasteiger charge is -2.02. The number of nitrogens with one attached hydrogen (secondary N) is 1. The summed E-state index contributed by atoms with van der Waals surface area (Å²) in [6.07, 6.45) is 0. The van der Waals surface area contributed by atoms with Crippen LogP contribution in [0.25, 0.3) is 10.9 Å². The molecule has 0 saturated carbocycles. The zero-order chi connectivity index (χ0) is 11.9. The van der Waals surface area contributed by atoms with Gasteiger partial charge in [0.15, 0.2) is 0 Å². The standard InChI is InChI=1S/C10H10N2O3S/c1-6-4-7-5-8(16(11,14)15)2-3-9(7)12-10(6)13/h2-5H,1H3,(H,12,13)(H2,11,14,15). The molecule has 0 saturated heterocycles. The molecule has 84 valence electrons. The van der Waals surface area contributed by atoms with Crippen molar-refractivity contribution in [3.63, 3.8) is 0 Å². The highest BCUT2D eigenvalue weighted by atomic mass is 32.2. The van der Waals surface area contributed by atoms with Crippen molar-refractivity contribution in [1.82, 2.24) is 4.98 Å². The van der Waals surface area contributed by atoms with Gasteiger partial charge in [-0.25, -0.2) is 13.6 Å². The minimum atomic E-state index is -3.71. The molecule has 0 atom stereocenters. The molecule has 3 N–H and O–H groups in total. The van der Waals surface area contributed by atoms with E-state index in [1.165, 1.54) is 18.2 Å². The van der Waals surface area contributed by atoms with Gasteiger partial charge >= 0.3 is 0 Å². The van der Waals surface area contributed by atoms with Crippen LogP contribution in [0.4, 0.5) is 0 Å². The van der Waals surface area contributed by atoms with E-state index >= 15 is 0 Å². The Morgan fingerprint density at radius 2 is 1.94 bits per heavy atom. The van der Waals surface area contributed by atoms with E-state index in [1.807, 2.05) is 0 Å². The van der Waals surface area contributed by atoms with Crippen LogP contribution in [0, 0.1) is 6.92 Å². The third-order valence-corrected chi connectivity index (χ3v) is 3.24. The summed E-state index contributed by atoms with van der Waals surface area (Å²) in [6, 6.07) is 5.95. The van der Waals surface area contributed by atoms with Gasteiger partial charge in [-0.15, -0.1) is 0 Å². The van der Waals surface area contributed by atoms with E-state index in [-0.39, 0.29) is 10.5 Å². The zero-order valence-corrected chi connectivity index (χ0v) is 9.34. The van der Waals surface area contributed by atoms with Crippen LogP contribution in [0.3, 0.4) is 0 Å². The largest absolute Gasteiger partial charge is 0.322 e. The number of pyridine rings is 1. The van der Waals surface area contributed by atoms with Crippen molar-refractivity contribution < 1.29 is 8.42 Å². The first-order valence-electron chi connectivity index (χ1n) is 4.54. The highest BCUT2D eigenvalue weighted by molar-refractivity contribution is 7.89. The van der Waals surface area contributed by atoms with Crippen LogP contribution in [0.1, 0.15) is 5.56 Å². The van der Waals surface area contributed by atoms with E-state index in [0.29, 0.717) is 16.5 Å². The Morgan fingerprint density at radius 1 is 1.25 bits per heavy atom. The molecule has 0 aliphatic heterocycles. The third kappa shape index (κ3) is 1.84. The summed E-state index contributed by atoms with van der Waals surface area (Å²) in [5.74, 6) is 0. The van der Waals surface area contributed by atoms with Crippen molar-refractivity contribution in [3.8, 4) is 0 Å². The maximum absolute atomic E-state index is 11.3. The van der Waals surface area contributed by atoms with Crippen LogP contribution in [0.2, 0.25) is 0 Å². The molecule has 16 heavy (non-hydrogen) atoms. The lowest BCUT2D eigenvalue weighted by Crippen LogP contribution is -2.13. The van der Waals surface area contributed by atoms with Gasteiger partial charge in [0.2, 0.25) is 10.0 Å². The molecule has 0 amide bonds. The predicted molar refractivity (Wildman–Crippen MR) is 60.7 cm³/mol. The molecule has 2 rings (SSSR count). The van der Waals surface area contributed by atoms with E-state index in [9.17, 15) is 13.2 Å². The fourth-order valence-electron chi connectivity index (χ4n) is 1.47. The molecule has 0 radical (unpaired) electrons. The summed E-state index contributed by atoms with van der Waals surface area (Å²) >= 11 is 0. The van der Waals surface area contributed by atoms with E-state index in [1.54, 1.807) is 13.0 Å². The van der Waals surface area contributed by atoms with Gasteiger partial charge in [0.25, 0.3) is 5.56 Å². The predicted octanol–water partition coefficient (Wildman–Crippen LogP) is 0.484. The molecule has 1 aromatic heterocycles. The molecule has 6 heteroatoms. The summed E-state index contributed by atoms with van der Waals surface area (Å²) in [7, 11) is -3.71. The molecule has 1 heterocycles. The highest BCUT2D eigenvalue weighted by Gasteiger charge is 2.08. The van der Waals surface area contributed by atoms with E-state index < -0.39 is 10.0 Å². The topological polar surface area (TPSA) is 93.0 Å². The molecular formula is C10H10N2O3S. The summed E-state index contributed by atoms with van der Waals surface area (Å²) in [5, 5.41) is 5.66. The van der Waals surface area contributed by atoms with Gasteiger partial charge in [-0.3, -0.25) is 4.79 Å². The van der Waals surface area contributed by atoms with Crippen molar-refractivity contribution in [2.24, 2.45) is 5.14 Å². The SMILES string of the molecule is Cc1cc2cc(S(N)(=O)=O)ccc2[nH]c1=O. The maximum Gasteiger partial charge on any atom is 0.251 e. The number of hydrogen-bond acceptors (Lipinski definition) is 3. The minimum Gasteiger partial charge on any atom is -0.322 e. The van der Waals surface area contributed by atoms with Gasteiger partial charge in [0.05, 0.1) is 4.90 Å². The Hall–Kier alpha value is -1.66. The number of hydrogen-bond donors (Lipinski definition) is 2. The first-order chi connectivity index (χ1) is 7.38. The van der Waals surface area contributed by atoms with Crippen LogP contribution >= 0.6 is 0 Å². The lowest BCUT2D eigenvalue weighted by atomic mass is 10.2. The number of fused-ring (bicyclic) bond motifs is 1. The van der Waals surface area contributed by atoms with Crippen molar-refractivity contribution >= 4 is 20.9 Å². The molecule has 0 bridgehead atoms. The molecule has 0 unspecified atom stereocenters. The molecular weight excluding hydrogens is 228 g/mol. The molecule has 5 nitrogen and oxygen atoms in total. The average molecular weight is 238 g/mol. The van der Waals surface area contributed by atoms with Crippen molar-refractivity contribution in [2.75, 3.05) is 0 Å². The van der Waals surface area contributed by atoms with E-state index in [0.717, 1.165) is 0 Å². The second-order valence-electron chi connectivity index (χ2n) is 3.58. The van der Waals surface area contributed by atoms with Gasteiger partial charge in [0.1, 0.15) is 0 Å². The Labute approximate surface area is 92.0 Å². The number of aromatic nitrogens is 1. The van der Waals surface area contributed by atoms with Crippen LogP contribution in [0.15, 0.2) is 34.0 Å². The van der Waals surface area contributed by atoms with Crippen LogP contribution in [-0.2, 0) is 10.0 Å². The first-order valence-corrected chi connectivity index (χ1v) is 6.09. The number of nitrogens with two attached hydrogens (primary N) is 1. The monoisotopic (exact) mass is 238 g/mol. The Bertz CT molecular complexity index is 716.